The van der Waals surface area contributed by atoms with Gasteiger partial charge in [0.25, 0.3) is 0 Å². The van der Waals surface area contributed by atoms with Gasteiger partial charge in [-0.2, -0.15) is 0 Å². The summed E-state index contributed by atoms with van der Waals surface area (Å²) in [5.41, 5.74) is 8.72. The minimum Gasteiger partial charge on any atom is -0.398 e. The maximum Gasteiger partial charge on any atom is 0.193 e. The van der Waals surface area contributed by atoms with Gasteiger partial charge in [-0.3, -0.25) is 4.79 Å². The monoisotopic (exact) mass is 261 g/mol. The molecule has 0 saturated heterocycles. The van der Waals surface area contributed by atoms with E-state index in [1.165, 1.54) is 0 Å². The number of hydrogen-bond donors (Lipinski definition) is 1. The van der Waals surface area contributed by atoms with Crippen LogP contribution in [0.25, 0.3) is 10.8 Å². The largest absolute Gasteiger partial charge is 0.398 e. The summed E-state index contributed by atoms with van der Waals surface area (Å²) >= 11 is 0. The summed E-state index contributed by atoms with van der Waals surface area (Å²) in [6.07, 6.45) is 0. The molecule has 0 aromatic heterocycles. The molecule has 0 radical (unpaired) electrons. The first kappa shape index (κ1) is 12.4. The van der Waals surface area contributed by atoms with E-state index in [0.29, 0.717) is 16.8 Å². The van der Waals surface area contributed by atoms with Crippen LogP contribution in [0, 0.1) is 6.92 Å². The Morgan fingerprint density at radius 3 is 2.45 bits per heavy atom. The molecule has 2 heteroatoms. The standard InChI is InChI=1S/C18H15NO/c1-12-16(7-4-8-17(12)19)18(20)15-10-9-13-5-2-3-6-14(13)11-15/h2-11H,19H2,1H3. The van der Waals surface area contributed by atoms with Crippen LogP contribution in [-0.2, 0) is 0 Å². The van der Waals surface area contributed by atoms with Crippen molar-refractivity contribution in [2.45, 2.75) is 6.92 Å². The van der Waals surface area contributed by atoms with Gasteiger partial charge < -0.3 is 5.73 Å². The Bertz CT molecular complexity index is 805. The third-order valence-electron chi connectivity index (χ3n) is 3.63. The summed E-state index contributed by atoms with van der Waals surface area (Å²) in [5, 5.41) is 2.20. The van der Waals surface area contributed by atoms with Crippen molar-refractivity contribution in [1.29, 1.82) is 0 Å². The maximum absolute atomic E-state index is 12.6. The first-order valence-electron chi connectivity index (χ1n) is 6.55. The van der Waals surface area contributed by atoms with Crippen molar-refractivity contribution in [2.24, 2.45) is 0 Å². The number of nitrogens with two attached hydrogens (primary N) is 1. The van der Waals surface area contributed by atoms with Crippen molar-refractivity contribution in [3.8, 4) is 0 Å². The molecule has 0 spiro atoms. The molecule has 20 heavy (non-hydrogen) atoms. The molecule has 2 N–H and O–H groups in total. The number of nitrogen functional groups attached to an aromatic ring is 1. The lowest BCUT2D eigenvalue weighted by Gasteiger charge is -2.08. The van der Waals surface area contributed by atoms with Gasteiger partial charge in [0.2, 0.25) is 0 Å². The smallest absolute Gasteiger partial charge is 0.193 e. The lowest BCUT2D eigenvalue weighted by molar-refractivity contribution is 0.103. The lowest BCUT2D eigenvalue weighted by atomic mass is 9.96. The van der Waals surface area contributed by atoms with E-state index in [2.05, 4.69) is 0 Å². The third-order valence-corrected chi connectivity index (χ3v) is 3.63. The van der Waals surface area contributed by atoms with E-state index in [4.69, 9.17) is 5.73 Å². The first-order valence-corrected chi connectivity index (χ1v) is 6.55. The average Bonchev–Trinajstić information content (AvgIpc) is 2.49. The SMILES string of the molecule is Cc1c(N)cccc1C(=O)c1ccc2ccccc2c1. The fourth-order valence-electron chi connectivity index (χ4n) is 2.39. The zero-order chi connectivity index (χ0) is 14.1. The molecule has 0 fully saturated rings. The Morgan fingerprint density at radius 1 is 0.900 bits per heavy atom. The number of rotatable bonds is 2. The second-order valence-electron chi connectivity index (χ2n) is 4.91. The highest BCUT2D eigenvalue weighted by molar-refractivity contribution is 6.12. The van der Waals surface area contributed by atoms with Crippen LogP contribution in [0.3, 0.4) is 0 Å². The van der Waals surface area contributed by atoms with Gasteiger partial charge >= 0.3 is 0 Å². The van der Waals surface area contributed by atoms with Gasteiger partial charge in [-0.05, 0) is 35.4 Å². The summed E-state index contributed by atoms with van der Waals surface area (Å²) in [7, 11) is 0. The number of anilines is 1. The molecule has 3 rings (SSSR count). The predicted molar refractivity (Wildman–Crippen MR) is 83.0 cm³/mol. The number of benzene rings is 3. The van der Waals surface area contributed by atoms with Crippen LogP contribution in [0.2, 0.25) is 0 Å². The predicted octanol–water partition coefficient (Wildman–Crippen LogP) is 3.96. The van der Waals surface area contributed by atoms with E-state index in [9.17, 15) is 4.79 Å². The fourth-order valence-corrected chi connectivity index (χ4v) is 2.39. The van der Waals surface area contributed by atoms with Crippen LogP contribution in [0.15, 0.2) is 60.7 Å². The van der Waals surface area contributed by atoms with Gasteiger partial charge in [0, 0.05) is 16.8 Å². The van der Waals surface area contributed by atoms with Crippen LogP contribution in [-0.4, -0.2) is 5.78 Å². The van der Waals surface area contributed by atoms with E-state index in [0.717, 1.165) is 16.3 Å². The Kier molecular flexibility index (Phi) is 2.99. The van der Waals surface area contributed by atoms with Gasteiger partial charge in [0.1, 0.15) is 0 Å². The Hall–Kier alpha value is -2.61. The van der Waals surface area contributed by atoms with E-state index in [1.807, 2.05) is 67.6 Å². The second kappa shape index (κ2) is 4.82. The van der Waals surface area contributed by atoms with E-state index in [1.54, 1.807) is 0 Å². The van der Waals surface area contributed by atoms with Crippen molar-refractivity contribution in [1.82, 2.24) is 0 Å². The molecule has 0 aliphatic carbocycles. The molecule has 0 heterocycles. The Balaban J connectivity index is 2.10. The molecule has 0 amide bonds. The zero-order valence-electron chi connectivity index (χ0n) is 11.3. The maximum atomic E-state index is 12.6. The van der Waals surface area contributed by atoms with Gasteiger partial charge in [-0.25, -0.2) is 0 Å². The highest BCUT2D eigenvalue weighted by atomic mass is 16.1. The van der Waals surface area contributed by atoms with Gasteiger partial charge in [-0.1, -0.05) is 48.5 Å². The molecule has 0 unspecified atom stereocenters. The van der Waals surface area contributed by atoms with Crippen LogP contribution < -0.4 is 5.73 Å². The molecule has 0 atom stereocenters. The van der Waals surface area contributed by atoms with Gasteiger partial charge in [0.15, 0.2) is 5.78 Å². The molecule has 98 valence electrons. The van der Waals surface area contributed by atoms with Crippen molar-refractivity contribution in [3.05, 3.63) is 77.4 Å². The summed E-state index contributed by atoms with van der Waals surface area (Å²) in [5.74, 6) is 0.0144. The van der Waals surface area contributed by atoms with Crippen molar-refractivity contribution in [3.63, 3.8) is 0 Å². The number of ketones is 1. The summed E-state index contributed by atoms with van der Waals surface area (Å²) in [6.45, 7) is 1.88. The normalized spacial score (nSPS) is 10.7. The highest BCUT2D eigenvalue weighted by Crippen LogP contribution is 2.22. The third kappa shape index (κ3) is 2.05. The van der Waals surface area contributed by atoms with Crippen LogP contribution in [0.5, 0.6) is 0 Å². The summed E-state index contributed by atoms with van der Waals surface area (Å²) in [4.78, 5) is 12.6. The van der Waals surface area contributed by atoms with Gasteiger partial charge in [0.05, 0.1) is 0 Å². The average molecular weight is 261 g/mol. The number of fused-ring (bicyclic) bond motifs is 1. The Labute approximate surface area is 117 Å². The first-order chi connectivity index (χ1) is 9.66. The summed E-state index contributed by atoms with van der Waals surface area (Å²) in [6, 6.07) is 19.2. The quantitative estimate of drug-likeness (QED) is 0.560. The zero-order valence-corrected chi connectivity index (χ0v) is 11.3. The Morgan fingerprint density at radius 2 is 1.65 bits per heavy atom. The molecule has 3 aromatic carbocycles. The topological polar surface area (TPSA) is 43.1 Å². The lowest BCUT2D eigenvalue weighted by Crippen LogP contribution is -2.05. The van der Waals surface area contributed by atoms with Gasteiger partial charge in [-0.15, -0.1) is 0 Å². The number of carbonyl (C=O) groups excluding carboxylic acids is 1. The molecule has 3 aromatic rings. The second-order valence-corrected chi connectivity index (χ2v) is 4.91. The molecule has 2 nitrogen and oxygen atoms in total. The van der Waals surface area contributed by atoms with E-state index < -0.39 is 0 Å². The number of carbonyl (C=O) groups is 1. The highest BCUT2D eigenvalue weighted by Gasteiger charge is 2.13. The molecule has 0 bridgehead atoms. The van der Waals surface area contributed by atoms with Crippen molar-refractivity contribution >= 4 is 22.2 Å². The fraction of sp³-hybridized carbons (Fsp3) is 0.0556. The van der Waals surface area contributed by atoms with Crippen LogP contribution >= 0.6 is 0 Å². The molecule has 0 saturated carbocycles. The van der Waals surface area contributed by atoms with Crippen LogP contribution in [0.4, 0.5) is 5.69 Å². The van der Waals surface area contributed by atoms with E-state index in [-0.39, 0.29) is 5.78 Å². The molecule has 0 aliphatic rings. The number of hydrogen-bond acceptors (Lipinski definition) is 2. The minimum atomic E-state index is 0.0144. The summed E-state index contributed by atoms with van der Waals surface area (Å²) < 4.78 is 0. The van der Waals surface area contributed by atoms with Crippen LogP contribution in [0.1, 0.15) is 21.5 Å². The molecule has 0 aliphatic heterocycles. The molecular formula is C18H15NO. The minimum absolute atomic E-state index is 0.0144. The van der Waals surface area contributed by atoms with Crippen molar-refractivity contribution < 1.29 is 4.79 Å². The molecular weight excluding hydrogens is 246 g/mol. The van der Waals surface area contributed by atoms with E-state index >= 15 is 0 Å². The van der Waals surface area contributed by atoms with Crippen molar-refractivity contribution in [2.75, 3.05) is 5.73 Å².